The first-order valence-corrected chi connectivity index (χ1v) is 3.91. The molecule has 0 bridgehead atoms. The van der Waals surface area contributed by atoms with Gasteiger partial charge in [-0.05, 0) is 12.5 Å². The van der Waals surface area contributed by atoms with Crippen molar-refractivity contribution in [2.75, 3.05) is 0 Å². The molecular weight excluding hydrogens is 164 g/mol. The number of hydrogen-bond donors (Lipinski definition) is 0. The first kappa shape index (κ1) is 7.79. The smallest absolute Gasteiger partial charge is 0.116 e. The van der Waals surface area contributed by atoms with Crippen molar-refractivity contribution in [1.29, 1.82) is 0 Å². The van der Waals surface area contributed by atoms with Crippen LogP contribution >= 0.6 is 0 Å². The summed E-state index contributed by atoms with van der Waals surface area (Å²) in [6.07, 6.45) is 8.25. The maximum atomic E-state index is 4.16. The van der Waals surface area contributed by atoms with E-state index in [-0.39, 0.29) is 0 Å². The second-order valence-corrected chi connectivity index (χ2v) is 2.65. The molecular formula is C9H8N4. The Bertz CT molecular complexity index is 399. The van der Waals surface area contributed by atoms with Crippen molar-refractivity contribution in [3.8, 4) is 11.4 Å². The van der Waals surface area contributed by atoms with Crippen LogP contribution in [0.2, 0.25) is 0 Å². The third-order valence-corrected chi connectivity index (χ3v) is 1.70. The molecule has 0 aromatic carbocycles. The van der Waals surface area contributed by atoms with Gasteiger partial charge in [-0.1, -0.05) is 0 Å². The molecule has 0 N–H and O–H groups in total. The fourth-order valence-corrected chi connectivity index (χ4v) is 1.09. The molecule has 0 radical (unpaired) electrons. The van der Waals surface area contributed by atoms with Crippen LogP contribution in [-0.2, 0) is 0 Å². The van der Waals surface area contributed by atoms with E-state index >= 15 is 0 Å². The highest BCUT2D eigenvalue weighted by Gasteiger charge is 2.02. The van der Waals surface area contributed by atoms with Gasteiger partial charge in [-0.3, -0.25) is 9.97 Å². The Morgan fingerprint density at radius 3 is 2.62 bits per heavy atom. The summed E-state index contributed by atoms with van der Waals surface area (Å²) in [5.41, 5.74) is 2.62. The predicted molar refractivity (Wildman–Crippen MR) is 47.8 cm³/mol. The van der Waals surface area contributed by atoms with Gasteiger partial charge >= 0.3 is 0 Å². The SMILES string of the molecule is Cc1cncnc1-c1cnccn1. The van der Waals surface area contributed by atoms with Gasteiger partial charge in [-0.15, -0.1) is 0 Å². The third-order valence-electron chi connectivity index (χ3n) is 1.70. The normalized spacial score (nSPS) is 9.92. The van der Waals surface area contributed by atoms with Gasteiger partial charge in [0.2, 0.25) is 0 Å². The van der Waals surface area contributed by atoms with Crippen LogP contribution in [0.15, 0.2) is 31.1 Å². The van der Waals surface area contributed by atoms with Gasteiger partial charge in [0, 0.05) is 18.6 Å². The fraction of sp³-hybridized carbons (Fsp3) is 0.111. The van der Waals surface area contributed by atoms with E-state index < -0.39 is 0 Å². The molecule has 64 valence electrons. The molecule has 2 heterocycles. The van der Waals surface area contributed by atoms with Gasteiger partial charge in [0.25, 0.3) is 0 Å². The predicted octanol–water partition coefficient (Wildman–Crippen LogP) is 1.24. The lowest BCUT2D eigenvalue weighted by Crippen LogP contribution is -1.92. The molecule has 13 heavy (non-hydrogen) atoms. The molecule has 0 amide bonds. The van der Waals surface area contributed by atoms with Gasteiger partial charge < -0.3 is 0 Å². The van der Waals surface area contributed by atoms with Gasteiger partial charge in [-0.25, -0.2) is 9.97 Å². The van der Waals surface area contributed by atoms with Crippen molar-refractivity contribution in [3.05, 3.63) is 36.7 Å². The van der Waals surface area contributed by atoms with E-state index in [1.54, 1.807) is 24.8 Å². The fourth-order valence-electron chi connectivity index (χ4n) is 1.09. The topological polar surface area (TPSA) is 51.6 Å². The standard InChI is InChI=1S/C9H8N4/c1-7-4-11-6-13-9(7)8-5-10-2-3-12-8/h2-6H,1H3. The first-order chi connectivity index (χ1) is 6.38. The zero-order valence-corrected chi connectivity index (χ0v) is 7.18. The van der Waals surface area contributed by atoms with E-state index in [2.05, 4.69) is 19.9 Å². The summed E-state index contributed by atoms with van der Waals surface area (Å²) >= 11 is 0. The first-order valence-electron chi connectivity index (χ1n) is 3.91. The van der Waals surface area contributed by atoms with Crippen LogP contribution in [0.5, 0.6) is 0 Å². The summed E-state index contributed by atoms with van der Waals surface area (Å²) in [7, 11) is 0. The number of hydrogen-bond acceptors (Lipinski definition) is 4. The lowest BCUT2D eigenvalue weighted by atomic mass is 10.2. The molecule has 2 rings (SSSR count). The third kappa shape index (κ3) is 1.51. The highest BCUT2D eigenvalue weighted by molar-refractivity contribution is 5.55. The molecule has 0 spiro atoms. The van der Waals surface area contributed by atoms with Crippen LogP contribution in [0, 0.1) is 6.92 Å². The molecule has 2 aromatic rings. The summed E-state index contributed by atoms with van der Waals surface area (Å²) in [6.45, 7) is 1.95. The van der Waals surface area contributed by atoms with Crippen LogP contribution in [0.3, 0.4) is 0 Å². The number of nitrogens with zero attached hydrogens (tertiary/aromatic N) is 4. The average Bonchev–Trinajstić information content (AvgIpc) is 2.20. The minimum absolute atomic E-state index is 0.780. The monoisotopic (exact) mass is 172 g/mol. The van der Waals surface area contributed by atoms with Crippen LogP contribution < -0.4 is 0 Å². The highest BCUT2D eigenvalue weighted by Crippen LogP contribution is 2.14. The Morgan fingerprint density at radius 2 is 1.92 bits per heavy atom. The van der Waals surface area contributed by atoms with Crippen LogP contribution in [0.1, 0.15) is 5.56 Å². The molecule has 0 unspecified atom stereocenters. The van der Waals surface area contributed by atoms with Crippen molar-refractivity contribution in [1.82, 2.24) is 19.9 Å². The molecule has 0 aliphatic rings. The minimum atomic E-state index is 0.780. The quantitative estimate of drug-likeness (QED) is 0.649. The van der Waals surface area contributed by atoms with Crippen LogP contribution in [0.4, 0.5) is 0 Å². The zero-order valence-electron chi connectivity index (χ0n) is 7.18. The van der Waals surface area contributed by atoms with Gasteiger partial charge in [0.15, 0.2) is 0 Å². The molecule has 0 fully saturated rings. The van der Waals surface area contributed by atoms with Gasteiger partial charge in [0.1, 0.15) is 12.0 Å². The number of aryl methyl sites for hydroxylation is 1. The Kier molecular flexibility index (Phi) is 1.96. The highest BCUT2D eigenvalue weighted by atomic mass is 14.9. The second-order valence-electron chi connectivity index (χ2n) is 2.65. The van der Waals surface area contributed by atoms with Crippen LogP contribution in [0.25, 0.3) is 11.4 Å². The van der Waals surface area contributed by atoms with E-state index in [4.69, 9.17) is 0 Å². The second kappa shape index (κ2) is 3.26. The molecule has 0 aliphatic carbocycles. The summed E-state index contributed by atoms with van der Waals surface area (Å²) in [6, 6.07) is 0. The van der Waals surface area contributed by atoms with Crippen molar-refractivity contribution in [2.24, 2.45) is 0 Å². The summed E-state index contributed by atoms with van der Waals surface area (Å²) < 4.78 is 0. The van der Waals surface area contributed by atoms with E-state index in [0.29, 0.717) is 0 Å². The maximum absolute atomic E-state index is 4.16. The van der Waals surface area contributed by atoms with E-state index in [1.807, 2.05) is 6.92 Å². The van der Waals surface area contributed by atoms with Gasteiger partial charge in [0.05, 0.1) is 11.9 Å². The Labute approximate surface area is 75.7 Å². The summed E-state index contributed by atoms with van der Waals surface area (Å²) in [5, 5.41) is 0. The number of aromatic nitrogens is 4. The van der Waals surface area contributed by atoms with Crippen molar-refractivity contribution in [3.63, 3.8) is 0 Å². The molecule has 0 aliphatic heterocycles. The zero-order chi connectivity index (χ0) is 9.10. The van der Waals surface area contributed by atoms with Crippen molar-refractivity contribution in [2.45, 2.75) is 6.92 Å². The van der Waals surface area contributed by atoms with Crippen LogP contribution in [-0.4, -0.2) is 19.9 Å². The molecule has 0 saturated carbocycles. The molecule has 0 atom stereocenters. The Balaban J connectivity index is 2.54. The summed E-state index contributed by atoms with van der Waals surface area (Å²) in [4.78, 5) is 16.2. The van der Waals surface area contributed by atoms with E-state index in [0.717, 1.165) is 17.0 Å². The lowest BCUT2D eigenvalue weighted by Gasteiger charge is -2.00. The van der Waals surface area contributed by atoms with E-state index in [9.17, 15) is 0 Å². The van der Waals surface area contributed by atoms with E-state index in [1.165, 1.54) is 6.33 Å². The molecule has 2 aromatic heterocycles. The molecule has 4 heteroatoms. The Morgan fingerprint density at radius 1 is 1.00 bits per heavy atom. The number of rotatable bonds is 1. The Hall–Kier alpha value is -1.84. The summed E-state index contributed by atoms with van der Waals surface area (Å²) in [5.74, 6) is 0. The van der Waals surface area contributed by atoms with Crippen molar-refractivity contribution >= 4 is 0 Å². The minimum Gasteiger partial charge on any atom is -0.261 e. The maximum Gasteiger partial charge on any atom is 0.116 e. The largest absolute Gasteiger partial charge is 0.261 e. The van der Waals surface area contributed by atoms with Crippen molar-refractivity contribution < 1.29 is 0 Å². The van der Waals surface area contributed by atoms with Gasteiger partial charge in [-0.2, -0.15) is 0 Å². The molecule has 0 saturated heterocycles. The molecule has 4 nitrogen and oxygen atoms in total. The lowest BCUT2D eigenvalue weighted by molar-refractivity contribution is 1.10. The average molecular weight is 172 g/mol.